The molecule has 0 aromatic heterocycles. The Morgan fingerprint density at radius 1 is 1.11 bits per heavy atom. The lowest BCUT2D eigenvalue weighted by atomic mass is 9.99. The van der Waals surface area contributed by atoms with Crippen LogP contribution in [0.15, 0.2) is 36.4 Å². The zero-order valence-corrected chi connectivity index (χ0v) is 11.3. The topological polar surface area (TPSA) is 26.0 Å². The summed E-state index contributed by atoms with van der Waals surface area (Å²) in [6, 6.07) is 8.09. The summed E-state index contributed by atoms with van der Waals surface area (Å²) in [6.07, 6.45) is 0.143. The zero-order chi connectivity index (χ0) is 14.0. The summed E-state index contributed by atoms with van der Waals surface area (Å²) in [7, 11) is 0. The molecule has 0 fully saturated rings. The molecule has 100 valence electrons. The van der Waals surface area contributed by atoms with Gasteiger partial charge in [-0.25, -0.2) is 8.78 Å². The lowest BCUT2D eigenvalue weighted by Crippen LogP contribution is -2.16. The van der Waals surface area contributed by atoms with Crippen molar-refractivity contribution in [1.29, 1.82) is 0 Å². The Morgan fingerprint density at radius 3 is 2.58 bits per heavy atom. The highest BCUT2D eigenvalue weighted by molar-refractivity contribution is 6.31. The molecule has 1 unspecified atom stereocenters. The van der Waals surface area contributed by atoms with Gasteiger partial charge in [-0.3, -0.25) is 0 Å². The van der Waals surface area contributed by atoms with Crippen molar-refractivity contribution in [2.75, 3.05) is 0 Å². The fourth-order valence-electron chi connectivity index (χ4n) is 1.85. The van der Waals surface area contributed by atoms with Crippen molar-refractivity contribution in [2.24, 2.45) is 5.73 Å². The average molecular weight is 302 g/mol. The number of nitrogens with two attached hydrogens (primary N) is 1. The molecular weight excluding hydrogens is 291 g/mol. The molecule has 19 heavy (non-hydrogen) atoms. The van der Waals surface area contributed by atoms with Gasteiger partial charge < -0.3 is 5.73 Å². The van der Waals surface area contributed by atoms with E-state index in [2.05, 4.69) is 0 Å². The number of hydrogen-bond donors (Lipinski definition) is 1. The highest BCUT2D eigenvalue weighted by Crippen LogP contribution is 2.25. The number of halogens is 4. The second-order valence-electron chi connectivity index (χ2n) is 4.19. The second-order valence-corrected chi connectivity index (χ2v) is 5.03. The fourth-order valence-corrected chi connectivity index (χ4v) is 2.23. The van der Waals surface area contributed by atoms with E-state index < -0.39 is 17.7 Å². The van der Waals surface area contributed by atoms with Crippen molar-refractivity contribution in [3.8, 4) is 0 Å². The summed E-state index contributed by atoms with van der Waals surface area (Å²) in [6.45, 7) is 0. The predicted octanol–water partition coefficient (Wildman–Crippen LogP) is 4.51. The Bertz CT molecular complexity index is 602. The van der Waals surface area contributed by atoms with Gasteiger partial charge in [-0.05, 0) is 36.2 Å². The zero-order valence-electron chi connectivity index (χ0n) is 9.84. The normalized spacial score (nSPS) is 12.5. The van der Waals surface area contributed by atoms with Gasteiger partial charge in [-0.15, -0.1) is 0 Å². The van der Waals surface area contributed by atoms with Gasteiger partial charge >= 0.3 is 0 Å². The van der Waals surface area contributed by atoms with E-state index in [-0.39, 0.29) is 17.0 Å². The van der Waals surface area contributed by atoms with Gasteiger partial charge in [0.05, 0.1) is 5.02 Å². The third kappa shape index (κ3) is 3.24. The molecular formula is C14H11Cl2F2N. The number of hydrogen-bond acceptors (Lipinski definition) is 1. The Balaban J connectivity index is 2.28. The smallest absolute Gasteiger partial charge is 0.145 e. The molecule has 0 heterocycles. The Hall–Kier alpha value is -1.16. The van der Waals surface area contributed by atoms with Gasteiger partial charge in [0, 0.05) is 16.6 Å². The van der Waals surface area contributed by atoms with Gasteiger partial charge in [0.1, 0.15) is 11.6 Å². The molecule has 5 heteroatoms. The van der Waals surface area contributed by atoms with Crippen LogP contribution < -0.4 is 5.73 Å². The summed E-state index contributed by atoms with van der Waals surface area (Å²) in [5.74, 6) is -0.985. The molecule has 0 saturated carbocycles. The van der Waals surface area contributed by atoms with E-state index in [0.717, 1.165) is 0 Å². The molecule has 1 atom stereocenters. The van der Waals surface area contributed by atoms with Crippen molar-refractivity contribution < 1.29 is 8.78 Å². The van der Waals surface area contributed by atoms with Crippen LogP contribution in [-0.4, -0.2) is 0 Å². The van der Waals surface area contributed by atoms with Crippen LogP contribution in [0.3, 0.4) is 0 Å². The molecule has 2 aromatic carbocycles. The lowest BCUT2D eigenvalue weighted by molar-refractivity contribution is 0.563. The summed E-state index contributed by atoms with van der Waals surface area (Å²) >= 11 is 11.5. The van der Waals surface area contributed by atoms with Crippen LogP contribution in [0.1, 0.15) is 17.2 Å². The summed E-state index contributed by atoms with van der Waals surface area (Å²) < 4.78 is 27.4. The maximum absolute atomic E-state index is 13.8. The first-order valence-electron chi connectivity index (χ1n) is 5.62. The average Bonchev–Trinajstić information content (AvgIpc) is 2.38. The molecule has 0 bridgehead atoms. The third-order valence-corrected chi connectivity index (χ3v) is 3.36. The minimum absolute atomic E-state index is 0.0243. The van der Waals surface area contributed by atoms with Gasteiger partial charge in [0.25, 0.3) is 0 Å². The summed E-state index contributed by atoms with van der Waals surface area (Å²) in [5.41, 5.74) is 6.51. The highest BCUT2D eigenvalue weighted by atomic mass is 35.5. The van der Waals surface area contributed by atoms with E-state index in [0.29, 0.717) is 10.6 Å². The Morgan fingerprint density at radius 2 is 1.84 bits per heavy atom. The minimum Gasteiger partial charge on any atom is -0.324 e. The molecule has 2 rings (SSSR count). The van der Waals surface area contributed by atoms with Gasteiger partial charge in [0.15, 0.2) is 0 Å². The van der Waals surface area contributed by atoms with Crippen LogP contribution >= 0.6 is 23.2 Å². The molecule has 1 nitrogen and oxygen atoms in total. The highest BCUT2D eigenvalue weighted by Gasteiger charge is 2.15. The third-order valence-electron chi connectivity index (χ3n) is 2.83. The standard InChI is InChI=1S/C14H11Cl2F2N/c15-9-4-5-12(17)10(7-9)13(19)6-8-2-1-3-11(16)14(8)18/h1-5,7,13H,6,19H2. The van der Waals surface area contributed by atoms with Crippen LogP contribution in [0.5, 0.6) is 0 Å². The van der Waals surface area contributed by atoms with E-state index in [1.165, 1.54) is 24.3 Å². The summed E-state index contributed by atoms with van der Waals surface area (Å²) in [4.78, 5) is 0. The fraction of sp³-hybridized carbons (Fsp3) is 0.143. The largest absolute Gasteiger partial charge is 0.324 e. The molecule has 2 aromatic rings. The van der Waals surface area contributed by atoms with Crippen LogP contribution in [0, 0.1) is 11.6 Å². The Labute approximate surface area is 119 Å². The quantitative estimate of drug-likeness (QED) is 0.886. The number of rotatable bonds is 3. The monoisotopic (exact) mass is 301 g/mol. The van der Waals surface area contributed by atoms with Crippen molar-refractivity contribution in [1.82, 2.24) is 0 Å². The molecule has 0 spiro atoms. The second kappa shape index (κ2) is 5.87. The van der Waals surface area contributed by atoms with E-state index in [1.807, 2.05) is 0 Å². The maximum Gasteiger partial charge on any atom is 0.145 e. The van der Waals surface area contributed by atoms with Crippen molar-refractivity contribution >= 4 is 23.2 Å². The summed E-state index contributed by atoms with van der Waals surface area (Å²) in [5, 5.41) is 0.412. The molecule has 2 N–H and O–H groups in total. The minimum atomic E-state index is -0.688. The van der Waals surface area contributed by atoms with E-state index in [4.69, 9.17) is 28.9 Å². The first-order chi connectivity index (χ1) is 8.99. The van der Waals surface area contributed by atoms with Crippen molar-refractivity contribution in [3.05, 3.63) is 69.2 Å². The van der Waals surface area contributed by atoms with Crippen LogP contribution in [0.25, 0.3) is 0 Å². The molecule has 0 radical (unpaired) electrons. The van der Waals surface area contributed by atoms with Crippen LogP contribution in [0.4, 0.5) is 8.78 Å². The molecule has 0 amide bonds. The van der Waals surface area contributed by atoms with E-state index in [1.54, 1.807) is 12.1 Å². The number of benzene rings is 2. The van der Waals surface area contributed by atoms with Crippen molar-refractivity contribution in [3.63, 3.8) is 0 Å². The molecule has 0 aliphatic rings. The van der Waals surface area contributed by atoms with Gasteiger partial charge in [-0.2, -0.15) is 0 Å². The molecule has 0 aliphatic carbocycles. The van der Waals surface area contributed by atoms with Crippen molar-refractivity contribution in [2.45, 2.75) is 12.5 Å². The van der Waals surface area contributed by atoms with Crippen LogP contribution in [-0.2, 0) is 6.42 Å². The van der Waals surface area contributed by atoms with Crippen LogP contribution in [0.2, 0.25) is 10.0 Å². The first kappa shape index (κ1) is 14.3. The maximum atomic E-state index is 13.8. The predicted molar refractivity (Wildman–Crippen MR) is 73.5 cm³/mol. The SMILES string of the molecule is NC(Cc1cccc(Cl)c1F)c1cc(Cl)ccc1F. The lowest BCUT2D eigenvalue weighted by Gasteiger charge is -2.14. The van der Waals surface area contributed by atoms with E-state index >= 15 is 0 Å². The molecule has 0 aliphatic heterocycles. The Kier molecular flexibility index (Phi) is 4.40. The molecule has 0 saturated heterocycles. The van der Waals surface area contributed by atoms with E-state index in [9.17, 15) is 8.78 Å². The van der Waals surface area contributed by atoms with Gasteiger partial charge in [0.2, 0.25) is 0 Å². The van der Waals surface area contributed by atoms with Gasteiger partial charge in [-0.1, -0.05) is 35.3 Å². The first-order valence-corrected chi connectivity index (χ1v) is 6.38.